The van der Waals surface area contributed by atoms with E-state index in [1.807, 2.05) is 72.9 Å². The fraction of sp³-hybridized carbons (Fsp3) is 0.190. The summed E-state index contributed by atoms with van der Waals surface area (Å²) in [7, 11) is -1.23. The molecule has 0 fully saturated rings. The topological polar surface area (TPSA) is 69.9 Å². The summed E-state index contributed by atoms with van der Waals surface area (Å²) in [5, 5.41) is 3.65. The molecule has 0 unspecified atom stereocenters. The van der Waals surface area contributed by atoms with Gasteiger partial charge in [-0.15, -0.1) is 54.1 Å². The van der Waals surface area contributed by atoms with Gasteiger partial charge in [0.2, 0.25) is 0 Å². The SMILES string of the molecule is C[Si](C)(C)c1ccc(-c2[c-]cccc2)nc1.[2H]C([2H])([2H])c1cc2oc3cc4c(cc3c2c(C([2H])([2H])[2H])n1)oc1c(-c2nc3ccccc3n2-c2c(C(C)C)cc(-c3ccccc3)cc2C(C)C)[c-]ccc14.[Ir]. The van der Waals surface area contributed by atoms with E-state index in [2.05, 4.69) is 129 Å². The van der Waals surface area contributed by atoms with Crippen molar-refractivity contribution < 1.29 is 37.2 Å². The first-order chi connectivity index (χ1) is 33.8. The summed E-state index contributed by atoms with van der Waals surface area (Å²) in [6.45, 7) is 10.6. The first kappa shape index (κ1) is 37.7. The van der Waals surface area contributed by atoms with E-state index in [1.165, 1.54) is 22.4 Å². The number of benzene rings is 6. The third-order valence-corrected chi connectivity index (χ3v) is 14.2. The van der Waals surface area contributed by atoms with Crippen molar-refractivity contribution in [1.29, 1.82) is 0 Å². The van der Waals surface area contributed by atoms with Crippen molar-refractivity contribution >= 4 is 68.2 Å². The average Bonchev–Trinajstić information content (AvgIpc) is 4.03. The largest absolute Gasteiger partial charge is 0.501 e. The second kappa shape index (κ2) is 17.7. The van der Waals surface area contributed by atoms with Crippen LogP contribution >= 0.6 is 0 Å². The monoisotopic (exact) mass is 1060 g/mol. The molecule has 8 heteroatoms. The first-order valence-corrected chi connectivity index (χ1v) is 25.6. The number of furan rings is 2. The molecule has 11 aromatic rings. The summed E-state index contributed by atoms with van der Waals surface area (Å²) in [4.78, 5) is 13.9. The minimum Gasteiger partial charge on any atom is -0.501 e. The van der Waals surface area contributed by atoms with Crippen LogP contribution in [0.15, 0.2) is 148 Å². The summed E-state index contributed by atoms with van der Waals surface area (Å²) >= 11 is 0. The number of para-hydroxylation sites is 2. The van der Waals surface area contributed by atoms with E-state index in [0.717, 1.165) is 49.9 Å². The van der Waals surface area contributed by atoms with Gasteiger partial charge in [-0.1, -0.05) is 113 Å². The van der Waals surface area contributed by atoms with E-state index in [4.69, 9.17) is 22.0 Å². The van der Waals surface area contributed by atoms with Crippen LogP contribution in [0.25, 0.3) is 94.4 Å². The molecule has 11 rings (SSSR count). The van der Waals surface area contributed by atoms with Gasteiger partial charge < -0.3 is 18.4 Å². The third kappa shape index (κ3) is 8.12. The van der Waals surface area contributed by atoms with Crippen LogP contribution in [-0.2, 0) is 20.1 Å². The number of hydrogen-bond acceptors (Lipinski definition) is 5. The van der Waals surface area contributed by atoms with E-state index < -0.39 is 21.8 Å². The Bertz CT molecular complexity index is 3750. The minimum atomic E-state index is -2.69. The van der Waals surface area contributed by atoms with Crippen molar-refractivity contribution in [3.8, 4) is 39.5 Å². The van der Waals surface area contributed by atoms with Crippen LogP contribution in [0.3, 0.4) is 0 Å². The van der Waals surface area contributed by atoms with Crippen molar-refractivity contribution in [2.75, 3.05) is 0 Å². The van der Waals surface area contributed by atoms with Crippen LogP contribution in [0.5, 0.6) is 0 Å². The zero-order valence-corrected chi connectivity index (χ0v) is 41.3. The van der Waals surface area contributed by atoms with Crippen molar-refractivity contribution in [2.24, 2.45) is 0 Å². The molecule has 5 aromatic heterocycles. The standard InChI is InChI=1S/C44H36N3O2.C14H16NSi.Ir/c1-24(2)32-20-29(28-13-8-7-9-14-28)21-33(25(3)4)42(32)47-37-18-11-10-17-36(37)46-44(47)31-16-12-15-30-34-22-39-35(23-38(34)49-43(30)31)41-27(6)45-26(5)19-40(41)48-39;1-16(2,3)13-9-10-14(15-11-13)12-7-5-4-6-8-12;/h7-15,17-25H,1-6H3;4-7,9-11H,1-3H3;/q2*-1;/i5D3,6D3;;. The first-order valence-electron chi connectivity index (χ1n) is 25.1. The van der Waals surface area contributed by atoms with Crippen molar-refractivity contribution in [2.45, 2.75) is 72.9 Å². The summed E-state index contributed by atoms with van der Waals surface area (Å²) < 4.78 is 63.5. The van der Waals surface area contributed by atoms with Gasteiger partial charge in [-0.3, -0.25) is 9.97 Å². The van der Waals surface area contributed by atoms with Gasteiger partial charge >= 0.3 is 0 Å². The van der Waals surface area contributed by atoms with Gasteiger partial charge in [0, 0.05) is 73.8 Å². The molecule has 0 atom stereocenters. The van der Waals surface area contributed by atoms with Crippen molar-refractivity contribution in [3.63, 3.8) is 0 Å². The smallest absolute Gasteiger partial charge is 0.139 e. The van der Waals surface area contributed by atoms with Gasteiger partial charge in [0.15, 0.2) is 0 Å². The van der Waals surface area contributed by atoms with Crippen molar-refractivity contribution in [1.82, 2.24) is 19.5 Å². The van der Waals surface area contributed by atoms with Crippen LogP contribution in [-0.4, -0.2) is 27.6 Å². The molecule has 0 saturated carbocycles. The fourth-order valence-corrected chi connectivity index (χ4v) is 9.81. The molecule has 0 N–H and O–H groups in total. The molecule has 1 radical (unpaired) electrons. The predicted octanol–water partition coefficient (Wildman–Crippen LogP) is 15.3. The van der Waals surface area contributed by atoms with Gasteiger partial charge in [-0.2, -0.15) is 0 Å². The number of aryl methyl sites for hydroxylation is 2. The molecule has 0 bridgehead atoms. The number of aromatic nitrogens is 4. The Labute approximate surface area is 409 Å². The quantitative estimate of drug-likeness (QED) is 0.117. The maximum atomic E-state index is 8.23. The fourth-order valence-electron chi connectivity index (χ4n) is 8.78. The van der Waals surface area contributed by atoms with Gasteiger partial charge in [-0.05, 0) is 95.1 Å². The van der Waals surface area contributed by atoms with E-state index in [1.54, 1.807) is 6.07 Å². The zero-order valence-electron chi connectivity index (χ0n) is 43.9. The number of hydrogen-bond donors (Lipinski definition) is 0. The maximum Gasteiger partial charge on any atom is 0.139 e. The van der Waals surface area contributed by atoms with Gasteiger partial charge in [0.05, 0.1) is 30.5 Å². The normalized spacial score (nSPS) is 13.6. The Hall–Kier alpha value is -6.44. The predicted molar refractivity (Wildman–Crippen MR) is 272 cm³/mol. The van der Waals surface area contributed by atoms with E-state index in [0.29, 0.717) is 33.5 Å². The average molecular weight is 1060 g/mol. The van der Waals surface area contributed by atoms with Gasteiger partial charge in [0.25, 0.3) is 0 Å². The van der Waals surface area contributed by atoms with Crippen LogP contribution in [0, 0.1) is 25.8 Å². The molecule has 0 aliphatic heterocycles. The molecule has 0 saturated heterocycles. The minimum absolute atomic E-state index is 0. The maximum absolute atomic E-state index is 8.23. The van der Waals surface area contributed by atoms with Crippen LogP contribution in [0.4, 0.5) is 0 Å². The Morgan fingerprint density at radius 3 is 2.06 bits per heavy atom. The van der Waals surface area contributed by atoms with Gasteiger partial charge in [0.1, 0.15) is 16.7 Å². The molecular weight excluding hydrogens is 1000 g/mol. The van der Waals surface area contributed by atoms with Gasteiger partial charge in [-0.25, -0.2) is 0 Å². The third-order valence-electron chi connectivity index (χ3n) is 12.1. The Morgan fingerprint density at radius 1 is 0.652 bits per heavy atom. The molecule has 66 heavy (non-hydrogen) atoms. The molecule has 6 aromatic carbocycles. The molecule has 6 nitrogen and oxygen atoms in total. The number of rotatable bonds is 7. The van der Waals surface area contributed by atoms with Crippen LogP contribution < -0.4 is 5.19 Å². The number of nitrogens with zero attached hydrogens (tertiary/aromatic N) is 4. The molecule has 0 spiro atoms. The second-order valence-corrected chi connectivity index (χ2v) is 23.3. The second-order valence-electron chi connectivity index (χ2n) is 18.3. The van der Waals surface area contributed by atoms with E-state index in [9.17, 15) is 0 Å². The van der Waals surface area contributed by atoms with Crippen molar-refractivity contribution in [3.05, 3.63) is 174 Å². The van der Waals surface area contributed by atoms with Crippen LogP contribution in [0.2, 0.25) is 19.6 Å². The van der Waals surface area contributed by atoms with Crippen LogP contribution in [0.1, 0.15) is 70.3 Å². The number of fused-ring (bicyclic) bond motifs is 7. The summed E-state index contributed by atoms with van der Waals surface area (Å²) in [6.07, 6.45) is 2.02. The Kier molecular flexibility index (Phi) is 10.1. The molecule has 0 aliphatic rings. The number of imidazole rings is 1. The Balaban J connectivity index is 0.000000321. The summed E-state index contributed by atoms with van der Waals surface area (Å²) in [5.41, 5.74) is 11.3. The molecule has 331 valence electrons. The van der Waals surface area contributed by atoms with E-state index >= 15 is 0 Å². The van der Waals surface area contributed by atoms with E-state index in [-0.39, 0.29) is 54.3 Å². The molecule has 0 amide bonds. The zero-order chi connectivity index (χ0) is 50.1. The Morgan fingerprint density at radius 2 is 1.38 bits per heavy atom. The molecular formula is C58H52IrN4O2Si-2. The molecule has 0 aliphatic carbocycles. The number of pyridine rings is 2. The molecule has 5 heterocycles. The summed E-state index contributed by atoms with van der Waals surface area (Å²) in [5.74, 6) is 1.06. The summed E-state index contributed by atoms with van der Waals surface area (Å²) in [6, 6.07) is 50.8.